The molecule has 20 heavy (non-hydrogen) atoms. The highest BCUT2D eigenvalue weighted by molar-refractivity contribution is 5.76. The largest absolute Gasteiger partial charge is 0.493 e. The van der Waals surface area contributed by atoms with Gasteiger partial charge in [0.25, 0.3) is 0 Å². The van der Waals surface area contributed by atoms with E-state index in [-0.39, 0.29) is 5.91 Å². The number of amides is 1. The number of methoxy groups -OCH3 is 3. The molecule has 0 aliphatic rings. The van der Waals surface area contributed by atoms with Gasteiger partial charge in [0.15, 0.2) is 11.5 Å². The van der Waals surface area contributed by atoms with Crippen LogP contribution < -0.4 is 14.8 Å². The topological polar surface area (TPSA) is 56.8 Å². The average molecular weight is 281 g/mol. The molecule has 1 rings (SSSR count). The van der Waals surface area contributed by atoms with Crippen molar-refractivity contribution in [2.45, 2.75) is 19.3 Å². The van der Waals surface area contributed by atoms with Gasteiger partial charge in [-0.25, -0.2) is 0 Å². The van der Waals surface area contributed by atoms with Crippen molar-refractivity contribution >= 4 is 5.91 Å². The lowest BCUT2D eigenvalue weighted by Gasteiger charge is -2.09. The summed E-state index contributed by atoms with van der Waals surface area (Å²) in [7, 11) is 4.86. The molecule has 5 nitrogen and oxygen atoms in total. The molecule has 0 fully saturated rings. The van der Waals surface area contributed by atoms with Crippen molar-refractivity contribution in [3.05, 3.63) is 23.8 Å². The van der Waals surface area contributed by atoms with Gasteiger partial charge in [0, 0.05) is 26.7 Å². The average Bonchev–Trinajstić information content (AvgIpc) is 2.49. The lowest BCUT2D eigenvalue weighted by molar-refractivity contribution is -0.121. The van der Waals surface area contributed by atoms with E-state index in [0.29, 0.717) is 37.5 Å². The molecule has 0 heterocycles. The van der Waals surface area contributed by atoms with E-state index in [0.717, 1.165) is 12.0 Å². The summed E-state index contributed by atoms with van der Waals surface area (Å²) in [6.07, 6.45) is 1.97. The first kappa shape index (κ1) is 16.3. The van der Waals surface area contributed by atoms with Crippen molar-refractivity contribution in [3.63, 3.8) is 0 Å². The van der Waals surface area contributed by atoms with E-state index in [1.165, 1.54) is 0 Å². The Morgan fingerprint density at radius 1 is 1.15 bits per heavy atom. The number of ether oxygens (including phenoxy) is 3. The highest BCUT2D eigenvalue weighted by atomic mass is 16.5. The third kappa shape index (κ3) is 5.48. The number of hydrogen-bond donors (Lipinski definition) is 1. The van der Waals surface area contributed by atoms with Crippen molar-refractivity contribution in [1.29, 1.82) is 0 Å². The highest BCUT2D eigenvalue weighted by Crippen LogP contribution is 2.27. The Morgan fingerprint density at radius 2 is 1.90 bits per heavy atom. The van der Waals surface area contributed by atoms with Crippen LogP contribution in [0.15, 0.2) is 18.2 Å². The summed E-state index contributed by atoms with van der Waals surface area (Å²) in [6.45, 7) is 1.31. The minimum absolute atomic E-state index is 0.0517. The second-order valence-electron chi connectivity index (χ2n) is 4.39. The van der Waals surface area contributed by atoms with Gasteiger partial charge in [0.05, 0.1) is 14.2 Å². The normalized spacial score (nSPS) is 10.2. The standard InChI is InChI=1S/C15H23NO4/c1-18-10-4-9-16-15(17)8-6-12-5-7-13(19-2)14(11-12)20-3/h5,7,11H,4,6,8-10H2,1-3H3,(H,16,17). The zero-order valence-electron chi connectivity index (χ0n) is 12.4. The molecule has 0 saturated carbocycles. The van der Waals surface area contributed by atoms with Gasteiger partial charge in [-0.1, -0.05) is 6.07 Å². The third-order valence-corrected chi connectivity index (χ3v) is 2.94. The van der Waals surface area contributed by atoms with Crippen LogP contribution in [0.3, 0.4) is 0 Å². The zero-order valence-corrected chi connectivity index (χ0v) is 12.4. The summed E-state index contributed by atoms with van der Waals surface area (Å²) in [5, 5.41) is 2.86. The maximum atomic E-state index is 11.6. The number of hydrogen-bond acceptors (Lipinski definition) is 4. The van der Waals surface area contributed by atoms with E-state index < -0.39 is 0 Å². The SMILES string of the molecule is COCCCNC(=O)CCc1ccc(OC)c(OC)c1. The van der Waals surface area contributed by atoms with Gasteiger partial charge in [-0.15, -0.1) is 0 Å². The molecule has 0 aliphatic carbocycles. The van der Waals surface area contributed by atoms with Gasteiger partial charge in [-0.3, -0.25) is 4.79 Å². The smallest absolute Gasteiger partial charge is 0.220 e. The molecule has 0 radical (unpaired) electrons. The summed E-state index contributed by atoms with van der Waals surface area (Å²) in [4.78, 5) is 11.6. The minimum Gasteiger partial charge on any atom is -0.493 e. The van der Waals surface area contributed by atoms with Crippen molar-refractivity contribution < 1.29 is 19.0 Å². The number of carbonyl (C=O) groups is 1. The second-order valence-corrected chi connectivity index (χ2v) is 4.39. The molecule has 5 heteroatoms. The number of carbonyl (C=O) groups excluding carboxylic acids is 1. The molecule has 1 aromatic rings. The van der Waals surface area contributed by atoms with Crippen LogP contribution in [-0.2, 0) is 16.0 Å². The van der Waals surface area contributed by atoms with Crippen LogP contribution in [0.2, 0.25) is 0 Å². The molecule has 1 amide bonds. The summed E-state index contributed by atoms with van der Waals surface area (Å²) < 4.78 is 15.3. The van der Waals surface area contributed by atoms with E-state index in [2.05, 4.69) is 5.32 Å². The van der Waals surface area contributed by atoms with Crippen LogP contribution in [0.25, 0.3) is 0 Å². The Bertz CT molecular complexity index is 420. The Hall–Kier alpha value is -1.75. The van der Waals surface area contributed by atoms with Crippen LogP contribution in [0.1, 0.15) is 18.4 Å². The quantitative estimate of drug-likeness (QED) is 0.701. The molecule has 0 unspecified atom stereocenters. The highest BCUT2D eigenvalue weighted by Gasteiger charge is 2.06. The molecule has 0 spiro atoms. The van der Waals surface area contributed by atoms with Crippen LogP contribution >= 0.6 is 0 Å². The molecule has 0 atom stereocenters. The maximum Gasteiger partial charge on any atom is 0.220 e. The molecule has 1 aromatic carbocycles. The number of rotatable bonds is 9. The van der Waals surface area contributed by atoms with Crippen LogP contribution in [0.4, 0.5) is 0 Å². The van der Waals surface area contributed by atoms with Gasteiger partial charge >= 0.3 is 0 Å². The first-order valence-electron chi connectivity index (χ1n) is 6.67. The monoisotopic (exact) mass is 281 g/mol. The Balaban J connectivity index is 2.39. The number of benzene rings is 1. The van der Waals surface area contributed by atoms with E-state index in [9.17, 15) is 4.79 Å². The first-order chi connectivity index (χ1) is 9.71. The Morgan fingerprint density at radius 3 is 2.55 bits per heavy atom. The molecule has 0 saturated heterocycles. The van der Waals surface area contributed by atoms with Gasteiger partial charge < -0.3 is 19.5 Å². The van der Waals surface area contributed by atoms with Gasteiger partial charge in [0.1, 0.15) is 0 Å². The Labute approximate surface area is 120 Å². The summed E-state index contributed by atoms with van der Waals surface area (Å²) >= 11 is 0. The maximum absolute atomic E-state index is 11.6. The van der Waals surface area contributed by atoms with Crippen LogP contribution in [0.5, 0.6) is 11.5 Å². The van der Waals surface area contributed by atoms with Crippen molar-refractivity contribution in [2.24, 2.45) is 0 Å². The van der Waals surface area contributed by atoms with Crippen LogP contribution in [-0.4, -0.2) is 40.4 Å². The van der Waals surface area contributed by atoms with Gasteiger partial charge in [-0.05, 0) is 30.5 Å². The zero-order chi connectivity index (χ0) is 14.8. The molecule has 112 valence electrons. The van der Waals surface area contributed by atoms with E-state index in [1.54, 1.807) is 21.3 Å². The van der Waals surface area contributed by atoms with E-state index >= 15 is 0 Å². The fourth-order valence-corrected chi connectivity index (χ4v) is 1.83. The van der Waals surface area contributed by atoms with Crippen molar-refractivity contribution in [3.8, 4) is 11.5 Å². The third-order valence-electron chi connectivity index (χ3n) is 2.94. The lowest BCUT2D eigenvalue weighted by atomic mass is 10.1. The van der Waals surface area contributed by atoms with Crippen LogP contribution in [0, 0.1) is 0 Å². The number of nitrogens with one attached hydrogen (secondary N) is 1. The van der Waals surface area contributed by atoms with Crippen molar-refractivity contribution in [2.75, 3.05) is 34.5 Å². The van der Waals surface area contributed by atoms with E-state index in [1.807, 2.05) is 18.2 Å². The predicted molar refractivity (Wildman–Crippen MR) is 77.4 cm³/mol. The fraction of sp³-hybridized carbons (Fsp3) is 0.533. The molecular formula is C15H23NO4. The first-order valence-corrected chi connectivity index (χ1v) is 6.67. The summed E-state index contributed by atoms with van der Waals surface area (Å²) in [6, 6.07) is 5.70. The van der Waals surface area contributed by atoms with Crippen molar-refractivity contribution in [1.82, 2.24) is 5.32 Å². The molecule has 0 bridgehead atoms. The van der Waals surface area contributed by atoms with Gasteiger partial charge in [-0.2, -0.15) is 0 Å². The molecule has 0 aliphatic heterocycles. The molecule has 1 N–H and O–H groups in total. The van der Waals surface area contributed by atoms with E-state index in [4.69, 9.17) is 14.2 Å². The lowest BCUT2D eigenvalue weighted by Crippen LogP contribution is -2.25. The molecular weight excluding hydrogens is 258 g/mol. The fourth-order valence-electron chi connectivity index (χ4n) is 1.83. The van der Waals surface area contributed by atoms with Gasteiger partial charge in [0.2, 0.25) is 5.91 Å². The summed E-state index contributed by atoms with van der Waals surface area (Å²) in [5.74, 6) is 1.43. The Kier molecular flexibility index (Phi) is 7.50. The summed E-state index contributed by atoms with van der Waals surface area (Å²) in [5.41, 5.74) is 1.05. The molecule has 0 aromatic heterocycles. The predicted octanol–water partition coefficient (Wildman–Crippen LogP) is 1.79. The number of aryl methyl sites for hydroxylation is 1. The second kappa shape index (κ2) is 9.20. The minimum atomic E-state index is 0.0517.